The Bertz CT molecular complexity index is 356. The quantitative estimate of drug-likeness (QED) is 0.316. The molecule has 0 aliphatic rings. The second kappa shape index (κ2) is 7.22. The summed E-state index contributed by atoms with van der Waals surface area (Å²) < 4.78 is 0. The first-order valence-electron chi connectivity index (χ1n) is 5.07. The van der Waals surface area contributed by atoms with E-state index >= 15 is 0 Å². The summed E-state index contributed by atoms with van der Waals surface area (Å²) in [4.78, 5) is 43.4. The number of carboxylic acids is 2. The molecule has 2 atom stereocenters. The van der Waals surface area contributed by atoms with Gasteiger partial charge in [-0.25, -0.2) is 4.79 Å². The van der Waals surface area contributed by atoms with E-state index in [-0.39, 0.29) is 6.42 Å². The molecule has 0 rings (SSSR count). The summed E-state index contributed by atoms with van der Waals surface area (Å²) in [6.45, 7) is 0.980. The second-order valence-corrected chi connectivity index (χ2v) is 3.40. The maximum atomic E-state index is 11.4. The van der Waals surface area contributed by atoms with Crippen LogP contribution in [0.5, 0.6) is 0 Å². The van der Waals surface area contributed by atoms with Gasteiger partial charge < -0.3 is 26.6 Å². The van der Waals surface area contributed by atoms with Gasteiger partial charge in [0.15, 0.2) is 6.04 Å². The molecule has 0 fully saturated rings. The Morgan fingerprint density at radius 3 is 2.11 bits per heavy atom. The van der Waals surface area contributed by atoms with E-state index in [1.165, 1.54) is 0 Å². The minimum Gasteiger partial charge on any atom is -0.480 e. The molecule has 0 saturated heterocycles. The van der Waals surface area contributed by atoms with Gasteiger partial charge >= 0.3 is 11.9 Å². The zero-order valence-corrected chi connectivity index (χ0v) is 9.67. The molecule has 0 spiro atoms. The van der Waals surface area contributed by atoms with E-state index in [1.54, 1.807) is 6.92 Å². The molecule has 0 saturated carbocycles. The van der Waals surface area contributed by atoms with Crippen LogP contribution >= 0.6 is 0 Å². The second-order valence-electron chi connectivity index (χ2n) is 3.40. The molecule has 0 radical (unpaired) electrons. The number of carboxylic acid groups (broad SMARTS) is 2. The topological polar surface area (TPSA) is 159 Å². The summed E-state index contributed by atoms with van der Waals surface area (Å²) in [6, 6.07) is -2.80. The van der Waals surface area contributed by atoms with Gasteiger partial charge in [-0.3, -0.25) is 14.4 Å². The van der Waals surface area contributed by atoms with Crippen molar-refractivity contribution in [1.29, 1.82) is 0 Å². The highest BCUT2D eigenvalue weighted by atomic mass is 16.4. The molecule has 1 unspecified atom stereocenters. The zero-order valence-electron chi connectivity index (χ0n) is 9.67. The zero-order chi connectivity index (χ0) is 14.3. The number of carbonyl (C=O) groups is 4. The van der Waals surface area contributed by atoms with Gasteiger partial charge in [-0.15, -0.1) is 0 Å². The molecule has 0 aliphatic heterocycles. The predicted molar refractivity (Wildman–Crippen MR) is 58.5 cm³/mol. The number of amides is 2. The fourth-order valence-electron chi connectivity index (χ4n) is 1.01. The number of rotatable bonds is 7. The predicted octanol–water partition coefficient (Wildman–Crippen LogP) is -2.51. The number of aliphatic carboxylic acids is 2. The van der Waals surface area contributed by atoms with Crippen LogP contribution < -0.4 is 16.4 Å². The molecular weight excluding hydrogens is 246 g/mol. The third-order valence-electron chi connectivity index (χ3n) is 2.00. The van der Waals surface area contributed by atoms with Crippen LogP contribution in [-0.2, 0) is 19.2 Å². The lowest BCUT2D eigenvalue weighted by molar-refractivity contribution is -0.143. The van der Waals surface area contributed by atoms with Crippen LogP contribution in [0.4, 0.5) is 0 Å². The number of nitrogens with two attached hydrogens (primary N) is 1. The van der Waals surface area contributed by atoms with Crippen molar-refractivity contribution in [2.75, 3.05) is 6.54 Å². The van der Waals surface area contributed by atoms with Crippen molar-refractivity contribution in [1.82, 2.24) is 10.6 Å². The summed E-state index contributed by atoms with van der Waals surface area (Å²) in [7, 11) is 0. The van der Waals surface area contributed by atoms with Gasteiger partial charge in [0.2, 0.25) is 11.8 Å². The van der Waals surface area contributed by atoms with Gasteiger partial charge in [0.1, 0.15) is 12.6 Å². The third-order valence-corrected chi connectivity index (χ3v) is 2.00. The molecule has 0 aliphatic carbocycles. The lowest BCUT2D eigenvalue weighted by Crippen LogP contribution is -2.54. The molecule has 2 amide bonds. The summed E-state index contributed by atoms with van der Waals surface area (Å²) in [5.41, 5.74) is 5.05. The lowest BCUT2D eigenvalue weighted by Gasteiger charge is -2.17. The normalized spacial score (nSPS) is 13.2. The summed E-state index contributed by atoms with van der Waals surface area (Å²) >= 11 is 0. The largest absolute Gasteiger partial charge is 0.480 e. The van der Waals surface area contributed by atoms with Gasteiger partial charge in [0.05, 0.1) is 0 Å². The first kappa shape index (κ1) is 15.8. The number of hydrogen-bond donors (Lipinski definition) is 5. The average Bonchev–Trinajstić information content (AvgIpc) is 2.31. The van der Waals surface area contributed by atoms with Crippen LogP contribution in [0, 0.1) is 0 Å². The smallest absolute Gasteiger partial charge is 0.330 e. The van der Waals surface area contributed by atoms with Gasteiger partial charge in [0, 0.05) is 0 Å². The van der Waals surface area contributed by atoms with Crippen molar-refractivity contribution in [2.45, 2.75) is 25.4 Å². The van der Waals surface area contributed by atoms with Crippen molar-refractivity contribution >= 4 is 23.8 Å². The Kier molecular flexibility index (Phi) is 6.35. The van der Waals surface area contributed by atoms with Crippen LogP contribution in [0.25, 0.3) is 0 Å². The van der Waals surface area contributed by atoms with E-state index in [0.29, 0.717) is 0 Å². The SMILES string of the molecule is CCC(NC(=O)[C@H](N)C(=O)O)C(=O)NCC(=O)O. The highest BCUT2D eigenvalue weighted by Gasteiger charge is 2.26. The minimum absolute atomic E-state index is 0.170. The Morgan fingerprint density at radius 1 is 1.17 bits per heavy atom. The summed E-state index contributed by atoms with van der Waals surface area (Å²) in [6.07, 6.45) is 0.170. The Balaban J connectivity index is 4.42. The number of carbonyl (C=O) groups excluding carboxylic acids is 2. The summed E-state index contributed by atoms with van der Waals surface area (Å²) in [5, 5.41) is 21.0. The minimum atomic E-state index is -1.77. The van der Waals surface area contributed by atoms with Crippen LogP contribution in [0.15, 0.2) is 0 Å². The highest BCUT2D eigenvalue weighted by Crippen LogP contribution is 1.92. The molecule has 0 aromatic rings. The molecule has 0 bridgehead atoms. The van der Waals surface area contributed by atoms with Crippen molar-refractivity contribution in [3.05, 3.63) is 0 Å². The standard InChI is InChI=1S/C9H15N3O6/c1-2-4(7(15)11-3-5(13)14)12-8(16)6(10)9(17)18/h4,6H,2-3,10H2,1H3,(H,11,15)(H,12,16)(H,13,14)(H,17,18)/t4?,6-/m0/s1. The lowest BCUT2D eigenvalue weighted by atomic mass is 10.2. The molecule has 0 aromatic carbocycles. The molecule has 102 valence electrons. The van der Waals surface area contributed by atoms with E-state index in [4.69, 9.17) is 15.9 Å². The number of nitrogens with one attached hydrogen (secondary N) is 2. The van der Waals surface area contributed by atoms with Crippen molar-refractivity contribution in [2.24, 2.45) is 5.73 Å². The number of hydrogen-bond acceptors (Lipinski definition) is 5. The first-order chi connectivity index (χ1) is 8.29. The fourth-order valence-corrected chi connectivity index (χ4v) is 1.01. The van der Waals surface area contributed by atoms with E-state index in [1.807, 2.05) is 0 Å². The van der Waals surface area contributed by atoms with Gasteiger partial charge in [0.25, 0.3) is 0 Å². The molecule has 9 heteroatoms. The van der Waals surface area contributed by atoms with Crippen molar-refractivity contribution in [3.63, 3.8) is 0 Å². The van der Waals surface area contributed by atoms with Crippen LogP contribution in [0.1, 0.15) is 13.3 Å². The van der Waals surface area contributed by atoms with Crippen LogP contribution in [0.3, 0.4) is 0 Å². The van der Waals surface area contributed by atoms with E-state index in [9.17, 15) is 19.2 Å². The fraction of sp³-hybridized carbons (Fsp3) is 0.556. The molecule has 0 heterocycles. The Hall–Kier alpha value is -2.16. The molecule has 9 nitrogen and oxygen atoms in total. The monoisotopic (exact) mass is 261 g/mol. The third kappa shape index (κ3) is 5.25. The Morgan fingerprint density at radius 2 is 1.72 bits per heavy atom. The first-order valence-corrected chi connectivity index (χ1v) is 5.07. The Labute approximate surface area is 102 Å². The average molecular weight is 261 g/mol. The maximum Gasteiger partial charge on any atom is 0.330 e. The molecular formula is C9H15N3O6. The van der Waals surface area contributed by atoms with Crippen molar-refractivity contribution < 1.29 is 29.4 Å². The van der Waals surface area contributed by atoms with E-state index in [0.717, 1.165) is 0 Å². The molecule has 18 heavy (non-hydrogen) atoms. The van der Waals surface area contributed by atoms with Gasteiger partial charge in [-0.2, -0.15) is 0 Å². The van der Waals surface area contributed by atoms with Gasteiger partial charge in [-0.1, -0.05) is 6.92 Å². The van der Waals surface area contributed by atoms with E-state index < -0.39 is 42.4 Å². The van der Waals surface area contributed by atoms with Crippen LogP contribution in [-0.4, -0.2) is 52.6 Å². The molecule has 6 N–H and O–H groups in total. The van der Waals surface area contributed by atoms with E-state index in [2.05, 4.69) is 10.6 Å². The van der Waals surface area contributed by atoms with Crippen LogP contribution in [0.2, 0.25) is 0 Å². The van der Waals surface area contributed by atoms with Crippen molar-refractivity contribution in [3.8, 4) is 0 Å². The maximum absolute atomic E-state index is 11.4. The molecule has 0 aromatic heterocycles. The summed E-state index contributed by atoms with van der Waals surface area (Å²) in [5.74, 6) is -4.48. The van der Waals surface area contributed by atoms with Gasteiger partial charge in [-0.05, 0) is 6.42 Å². The highest BCUT2D eigenvalue weighted by molar-refractivity contribution is 6.02.